The fourth-order valence-corrected chi connectivity index (χ4v) is 2.28. The van der Waals surface area contributed by atoms with E-state index in [0.29, 0.717) is 31.1 Å². The van der Waals surface area contributed by atoms with E-state index in [1.807, 2.05) is 0 Å². The second-order valence-corrected chi connectivity index (χ2v) is 5.15. The summed E-state index contributed by atoms with van der Waals surface area (Å²) in [5, 5.41) is 9.02. The van der Waals surface area contributed by atoms with Gasteiger partial charge in [-0.1, -0.05) is 6.07 Å². The minimum atomic E-state index is -1.68. The third-order valence-corrected chi connectivity index (χ3v) is 3.51. The van der Waals surface area contributed by atoms with Crippen LogP contribution in [0.1, 0.15) is 16.8 Å². The minimum absolute atomic E-state index is 0.0723. The van der Waals surface area contributed by atoms with Crippen LogP contribution in [0.5, 0.6) is 5.75 Å². The lowest BCUT2D eigenvalue weighted by Crippen LogP contribution is -2.35. The number of methoxy groups -OCH3 is 1. The summed E-state index contributed by atoms with van der Waals surface area (Å²) >= 11 is 0. The molecule has 116 valence electrons. The summed E-state index contributed by atoms with van der Waals surface area (Å²) in [6.45, 7) is 0.541. The highest BCUT2D eigenvalue weighted by atomic mass is 19.1. The number of halogens is 1. The van der Waals surface area contributed by atoms with Crippen LogP contribution in [-0.4, -0.2) is 61.6 Å². The molecule has 5 nitrogen and oxygen atoms in total. The second-order valence-electron chi connectivity index (χ2n) is 5.15. The number of carbonyl (C=O) groups excluding carboxylic acids is 1. The van der Waals surface area contributed by atoms with Gasteiger partial charge in [0.25, 0.3) is 5.91 Å². The monoisotopic (exact) mass is 297 g/mol. The van der Waals surface area contributed by atoms with E-state index >= 15 is 0 Å². The molecule has 1 atom stereocenters. The molecule has 1 aliphatic rings. The van der Waals surface area contributed by atoms with Crippen LogP contribution < -0.4 is 4.74 Å². The molecule has 0 saturated carbocycles. The molecule has 0 aliphatic carbocycles. The van der Waals surface area contributed by atoms with Gasteiger partial charge < -0.3 is 19.5 Å². The fraction of sp³-hybridized carbons (Fsp3) is 0.533. The number of alkyl halides is 1. The molecule has 1 aromatic rings. The number of hydrogen-bond donors (Lipinski definition) is 1. The lowest BCUT2D eigenvalue weighted by Gasteiger charge is -2.19. The van der Waals surface area contributed by atoms with Gasteiger partial charge in [-0.3, -0.25) is 4.79 Å². The zero-order valence-corrected chi connectivity index (χ0v) is 12.0. The van der Waals surface area contributed by atoms with Gasteiger partial charge >= 0.3 is 0 Å². The number of benzene rings is 1. The summed E-state index contributed by atoms with van der Waals surface area (Å²) in [5.74, 6) is 0.325. The van der Waals surface area contributed by atoms with E-state index in [4.69, 9.17) is 14.6 Å². The summed E-state index contributed by atoms with van der Waals surface area (Å²) in [7, 11) is 1.58. The zero-order valence-electron chi connectivity index (χ0n) is 12.0. The molecule has 1 aliphatic heterocycles. The number of nitrogens with zero attached hydrogens (tertiary/aromatic N) is 1. The van der Waals surface area contributed by atoms with Crippen LogP contribution >= 0.6 is 0 Å². The van der Waals surface area contributed by atoms with Crippen molar-refractivity contribution in [1.29, 1.82) is 0 Å². The van der Waals surface area contributed by atoms with Crippen LogP contribution in [0.25, 0.3) is 0 Å². The lowest BCUT2D eigenvalue weighted by atomic mass is 10.1. The molecule has 0 spiro atoms. The predicted molar refractivity (Wildman–Crippen MR) is 75.3 cm³/mol. The highest BCUT2D eigenvalue weighted by Crippen LogP contribution is 2.26. The Morgan fingerprint density at radius 3 is 2.95 bits per heavy atom. The predicted octanol–water partition coefficient (Wildman–Crippen LogP) is 1.26. The molecular formula is C15H20FNO4. The molecule has 1 aromatic carbocycles. The Labute approximate surface area is 123 Å². The van der Waals surface area contributed by atoms with Crippen molar-refractivity contribution in [3.8, 4) is 5.75 Å². The van der Waals surface area contributed by atoms with Gasteiger partial charge in [-0.25, -0.2) is 4.39 Å². The van der Waals surface area contributed by atoms with Crippen molar-refractivity contribution in [3.63, 3.8) is 0 Å². The fourth-order valence-electron chi connectivity index (χ4n) is 2.28. The van der Waals surface area contributed by atoms with E-state index in [-0.39, 0.29) is 18.9 Å². The van der Waals surface area contributed by atoms with Crippen molar-refractivity contribution in [2.45, 2.75) is 12.1 Å². The number of ether oxygens (including phenoxy) is 2. The number of carbonyl (C=O) groups is 1. The molecule has 1 amide bonds. The minimum Gasteiger partial charge on any atom is -0.491 e. The first-order chi connectivity index (χ1) is 10.1. The van der Waals surface area contributed by atoms with Crippen LogP contribution in [-0.2, 0) is 4.74 Å². The number of amides is 1. The van der Waals surface area contributed by atoms with Crippen molar-refractivity contribution in [3.05, 3.63) is 29.8 Å². The Morgan fingerprint density at radius 2 is 2.29 bits per heavy atom. The molecule has 1 fully saturated rings. The van der Waals surface area contributed by atoms with Gasteiger partial charge in [-0.15, -0.1) is 0 Å². The second kappa shape index (κ2) is 6.87. The van der Waals surface area contributed by atoms with Crippen LogP contribution in [0.3, 0.4) is 0 Å². The SMILES string of the molecule is COCCOc1cccc(C(=O)N2CCC(F)(CO)C2)c1. The maximum Gasteiger partial charge on any atom is 0.254 e. The molecule has 0 bridgehead atoms. The first-order valence-corrected chi connectivity index (χ1v) is 6.89. The Hall–Kier alpha value is -1.66. The topological polar surface area (TPSA) is 59.0 Å². The van der Waals surface area contributed by atoms with Gasteiger partial charge in [-0.2, -0.15) is 0 Å². The van der Waals surface area contributed by atoms with Gasteiger partial charge in [0.15, 0.2) is 5.67 Å². The third kappa shape index (κ3) is 3.92. The first kappa shape index (κ1) is 15.7. The number of rotatable bonds is 6. The number of hydrogen-bond acceptors (Lipinski definition) is 4. The van der Waals surface area contributed by atoms with E-state index < -0.39 is 12.3 Å². The van der Waals surface area contributed by atoms with Crippen molar-refractivity contribution < 1.29 is 23.8 Å². The highest BCUT2D eigenvalue weighted by Gasteiger charge is 2.39. The third-order valence-electron chi connectivity index (χ3n) is 3.51. The molecule has 6 heteroatoms. The smallest absolute Gasteiger partial charge is 0.254 e. The average molecular weight is 297 g/mol. The molecule has 1 heterocycles. The number of aliphatic hydroxyl groups excluding tert-OH is 1. The Balaban J connectivity index is 2.01. The van der Waals surface area contributed by atoms with Crippen LogP contribution in [0.4, 0.5) is 4.39 Å². The van der Waals surface area contributed by atoms with Crippen molar-refractivity contribution in [2.75, 3.05) is 40.0 Å². The maximum absolute atomic E-state index is 14.0. The molecule has 1 unspecified atom stereocenters. The van der Waals surface area contributed by atoms with E-state index in [0.717, 1.165) is 0 Å². The van der Waals surface area contributed by atoms with E-state index in [1.54, 1.807) is 31.4 Å². The van der Waals surface area contributed by atoms with Gasteiger partial charge in [0.2, 0.25) is 0 Å². The van der Waals surface area contributed by atoms with Gasteiger partial charge in [-0.05, 0) is 18.2 Å². The molecule has 1 saturated heterocycles. The number of aliphatic hydroxyl groups is 1. The molecule has 0 aromatic heterocycles. The van der Waals surface area contributed by atoms with E-state index in [1.165, 1.54) is 4.90 Å². The standard InChI is InChI=1S/C15H20FNO4/c1-20-7-8-21-13-4-2-3-12(9-13)14(19)17-6-5-15(16,10-17)11-18/h2-4,9,18H,5-8,10-11H2,1H3. The van der Waals surface area contributed by atoms with Gasteiger partial charge in [0.05, 0.1) is 19.8 Å². The summed E-state index contributed by atoms with van der Waals surface area (Å²) in [6, 6.07) is 6.78. The normalized spacial score (nSPS) is 21.6. The number of likely N-dealkylation sites (tertiary alicyclic amines) is 1. The van der Waals surface area contributed by atoms with E-state index in [9.17, 15) is 9.18 Å². The van der Waals surface area contributed by atoms with Crippen molar-refractivity contribution in [1.82, 2.24) is 4.90 Å². The van der Waals surface area contributed by atoms with Crippen LogP contribution in [0, 0.1) is 0 Å². The highest BCUT2D eigenvalue weighted by molar-refractivity contribution is 5.94. The molecular weight excluding hydrogens is 277 g/mol. The molecule has 21 heavy (non-hydrogen) atoms. The Morgan fingerprint density at radius 1 is 1.48 bits per heavy atom. The molecule has 0 radical (unpaired) electrons. The average Bonchev–Trinajstić information content (AvgIpc) is 2.90. The molecule has 1 N–H and O–H groups in total. The summed E-state index contributed by atoms with van der Waals surface area (Å²) in [6.07, 6.45) is 0.166. The quantitative estimate of drug-likeness (QED) is 0.803. The Bertz CT molecular complexity index is 496. The zero-order chi connectivity index (χ0) is 15.3. The lowest BCUT2D eigenvalue weighted by molar-refractivity contribution is 0.0631. The first-order valence-electron chi connectivity index (χ1n) is 6.89. The van der Waals surface area contributed by atoms with Crippen molar-refractivity contribution in [2.24, 2.45) is 0 Å². The summed E-state index contributed by atoms with van der Waals surface area (Å²) in [4.78, 5) is 13.8. The van der Waals surface area contributed by atoms with Gasteiger partial charge in [0.1, 0.15) is 12.4 Å². The van der Waals surface area contributed by atoms with Crippen LogP contribution in [0.15, 0.2) is 24.3 Å². The van der Waals surface area contributed by atoms with Crippen LogP contribution in [0.2, 0.25) is 0 Å². The van der Waals surface area contributed by atoms with E-state index in [2.05, 4.69) is 0 Å². The largest absolute Gasteiger partial charge is 0.491 e. The molecule has 2 rings (SSSR count). The maximum atomic E-state index is 14.0. The van der Waals surface area contributed by atoms with Gasteiger partial charge in [0, 0.05) is 25.6 Å². The van der Waals surface area contributed by atoms with Crippen molar-refractivity contribution >= 4 is 5.91 Å². The Kier molecular flexibility index (Phi) is 5.14. The summed E-state index contributed by atoms with van der Waals surface area (Å²) < 4.78 is 24.3. The summed E-state index contributed by atoms with van der Waals surface area (Å²) in [5.41, 5.74) is -1.23.